The zero-order chi connectivity index (χ0) is 19.4. The summed E-state index contributed by atoms with van der Waals surface area (Å²) in [5.74, 6) is 1.67. The van der Waals surface area contributed by atoms with Gasteiger partial charge in [0.1, 0.15) is 12.4 Å². The van der Waals surface area contributed by atoms with E-state index in [9.17, 15) is 0 Å². The molecule has 0 amide bonds. The number of aromatic nitrogens is 2. The van der Waals surface area contributed by atoms with E-state index in [1.807, 2.05) is 59.4 Å². The molecule has 0 fully saturated rings. The van der Waals surface area contributed by atoms with E-state index in [-0.39, 0.29) is 0 Å². The molecule has 146 valence electrons. The van der Waals surface area contributed by atoms with Gasteiger partial charge < -0.3 is 15.4 Å². The number of hydrogen-bond acceptors (Lipinski definition) is 3. The Bertz CT molecular complexity index is 846. The summed E-state index contributed by atoms with van der Waals surface area (Å²) in [5, 5.41) is 10.9. The van der Waals surface area contributed by atoms with Crippen molar-refractivity contribution >= 4 is 5.96 Å². The van der Waals surface area contributed by atoms with Gasteiger partial charge in [0.15, 0.2) is 5.96 Å². The highest BCUT2D eigenvalue weighted by Gasteiger charge is 2.05. The molecule has 0 bridgehead atoms. The lowest BCUT2D eigenvalue weighted by Crippen LogP contribution is -2.37. The van der Waals surface area contributed by atoms with Crippen molar-refractivity contribution in [2.24, 2.45) is 4.99 Å². The fourth-order valence-electron chi connectivity index (χ4n) is 2.83. The number of benzene rings is 2. The third kappa shape index (κ3) is 6.16. The van der Waals surface area contributed by atoms with Crippen molar-refractivity contribution in [2.75, 3.05) is 13.6 Å². The first-order valence-electron chi connectivity index (χ1n) is 9.52. The maximum atomic E-state index is 5.90. The Hall–Kier alpha value is -3.28. The number of aryl methyl sites for hydroxylation is 1. The summed E-state index contributed by atoms with van der Waals surface area (Å²) in [4.78, 5) is 4.30. The zero-order valence-corrected chi connectivity index (χ0v) is 16.2. The third-order valence-corrected chi connectivity index (χ3v) is 4.34. The third-order valence-electron chi connectivity index (χ3n) is 4.34. The van der Waals surface area contributed by atoms with Crippen LogP contribution in [0.5, 0.6) is 5.75 Å². The van der Waals surface area contributed by atoms with Gasteiger partial charge >= 0.3 is 0 Å². The molecule has 3 aromatic rings. The SMILES string of the molecule is CN=C(NCCCn1cccn1)NCc1ccccc1COc1ccccc1. The molecular formula is C22H27N5O. The molecule has 0 aliphatic rings. The molecule has 2 N–H and O–H groups in total. The van der Waals surface area contributed by atoms with Gasteiger partial charge in [-0.1, -0.05) is 42.5 Å². The fourth-order valence-corrected chi connectivity index (χ4v) is 2.83. The number of nitrogens with zero attached hydrogens (tertiary/aromatic N) is 3. The van der Waals surface area contributed by atoms with Gasteiger partial charge in [0.05, 0.1) is 0 Å². The first-order valence-corrected chi connectivity index (χ1v) is 9.52. The molecular weight excluding hydrogens is 350 g/mol. The summed E-state index contributed by atoms with van der Waals surface area (Å²) in [7, 11) is 1.78. The van der Waals surface area contributed by atoms with E-state index in [4.69, 9.17) is 4.74 Å². The minimum absolute atomic E-state index is 0.539. The van der Waals surface area contributed by atoms with Crippen LogP contribution in [-0.2, 0) is 19.7 Å². The second kappa shape index (κ2) is 10.8. The van der Waals surface area contributed by atoms with Crippen LogP contribution in [0.1, 0.15) is 17.5 Å². The predicted octanol–water partition coefficient (Wildman–Crippen LogP) is 3.22. The van der Waals surface area contributed by atoms with Crippen LogP contribution < -0.4 is 15.4 Å². The summed E-state index contributed by atoms with van der Waals surface area (Å²) >= 11 is 0. The van der Waals surface area contributed by atoms with Gasteiger partial charge in [-0.25, -0.2) is 0 Å². The highest BCUT2D eigenvalue weighted by Crippen LogP contribution is 2.14. The molecule has 6 heteroatoms. The Morgan fingerprint density at radius 2 is 1.79 bits per heavy atom. The highest BCUT2D eigenvalue weighted by atomic mass is 16.5. The lowest BCUT2D eigenvalue weighted by molar-refractivity contribution is 0.305. The van der Waals surface area contributed by atoms with Gasteiger partial charge in [0.2, 0.25) is 0 Å². The molecule has 0 atom stereocenters. The van der Waals surface area contributed by atoms with Crippen molar-refractivity contribution in [1.82, 2.24) is 20.4 Å². The van der Waals surface area contributed by atoms with Crippen molar-refractivity contribution in [1.29, 1.82) is 0 Å². The number of rotatable bonds is 9. The lowest BCUT2D eigenvalue weighted by Gasteiger charge is -2.15. The predicted molar refractivity (Wildman–Crippen MR) is 112 cm³/mol. The number of guanidine groups is 1. The molecule has 1 aromatic heterocycles. The number of para-hydroxylation sites is 1. The van der Waals surface area contributed by atoms with Crippen LogP contribution in [0.2, 0.25) is 0 Å². The van der Waals surface area contributed by atoms with Crippen LogP contribution in [0.4, 0.5) is 0 Å². The number of ether oxygens (including phenoxy) is 1. The molecule has 3 rings (SSSR count). The van der Waals surface area contributed by atoms with E-state index in [2.05, 4.69) is 32.9 Å². The summed E-state index contributed by atoms with van der Waals surface area (Å²) in [6, 6.07) is 20.1. The molecule has 2 aromatic carbocycles. The zero-order valence-electron chi connectivity index (χ0n) is 16.2. The molecule has 0 saturated heterocycles. The Balaban J connectivity index is 1.46. The van der Waals surface area contributed by atoms with Crippen molar-refractivity contribution in [3.05, 3.63) is 84.2 Å². The average Bonchev–Trinajstić information content (AvgIpc) is 3.27. The Morgan fingerprint density at radius 3 is 2.54 bits per heavy atom. The minimum Gasteiger partial charge on any atom is -0.489 e. The van der Waals surface area contributed by atoms with Crippen LogP contribution in [0.3, 0.4) is 0 Å². The molecule has 0 aliphatic carbocycles. The van der Waals surface area contributed by atoms with E-state index in [0.717, 1.165) is 36.8 Å². The van der Waals surface area contributed by atoms with Crippen molar-refractivity contribution in [3.63, 3.8) is 0 Å². The summed E-state index contributed by atoms with van der Waals surface area (Å²) in [6.45, 7) is 2.94. The summed E-state index contributed by atoms with van der Waals surface area (Å²) < 4.78 is 7.83. The molecule has 6 nitrogen and oxygen atoms in total. The second-order valence-corrected chi connectivity index (χ2v) is 6.35. The standard InChI is InChI=1S/C22H27N5O/c1-23-22(24-13-7-15-27-16-8-14-26-27)25-17-19-9-5-6-10-20(19)18-28-21-11-3-2-4-12-21/h2-6,8-12,14,16H,7,13,15,17-18H2,1H3,(H2,23,24,25). The van der Waals surface area contributed by atoms with Crippen LogP contribution in [0.25, 0.3) is 0 Å². The Labute approximate surface area is 166 Å². The number of aliphatic imine (C=N–C) groups is 1. The van der Waals surface area contributed by atoms with Gasteiger partial charge in [-0.2, -0.15) is 5.10 Å². The first-order chi connectivity index (χ1) is 13.8. The monoisotopic (exact) mass is 377 g/mol. The maximum Gasteiger partial charge on any atom is 0.191 e. The first kappa shape index (κ1) is 19.5. The maximum absolute atomic E-state index is 5.90. The molecule has 0 saturated carbocycles. The topological polar surface area (TPSA) is 63.5 Å². The largest absolute Gasteiger partial charge is 0.489 e. The number of nitrogens with one attached hydrogen (secondary N) is 2. The van der Waals surface area contributed by atoms with Crippen LogP contribution >= 0.6 is 0 Å². The van der Waals surface area contributed by atoms with E-state index >= 15 is 0 Å². The van der Waals surface area contributed by atoms with Crippen LogP contribution in [-0.4, -0.2) is 29.3 Å². The van der Waals surface area contributed by atoms with E-state index in [0.29, 0.717) is 13.2 Å². The fraction of sp³-hybridized carbons (Fsp3) is 0.273. The molecule has 0 spiro atoms. The van der Waals surface area contributed by atoms with Gasteiger partial charge in [0.25, 0.3) is 0 Å². The Morgan fingerprint density at radius 1 is 1.00 bits per heavy atom. The molecule has 0 aliphatic heterocycles. The lowest BCUT2D eigenvalue weighted by atomic mass is 10.1. The van der Waals surface area contributed by atoms with Gasteiger partial charge in [-0.05, 0) is 35.7 Å². The van der Waals surface area contributed by atoms with E-state index in [1.165, 1.54) is 5.56 Å². The minimum atomic E-state index is 0.539. The smallest absolute Gasteiger partial charge is 0.191 e. The molecule has 0 unspecified atom stereocenters. The van der Waals surface area contributed by atoms with Crippen LogP contribution in [0.15, 0.2) is 78.0 Å². The van der Waals surface area contributed by atoms with E-state index in [1.54, 1.807) is 13.2 Å². The summed E-state index contributed by atoms with van der Waals surface area (Å²) in [6.07, 6.45) is 4.75. The normalized spacial score (nSPS) is 11.2. The molecule has 0 radical (unpaired) electrons. The van der Waals surface area contributed by atoms with Crippen LogP contribution in [0, 0.1) is 0 Å². The van der Waals surface area contributed by atoms with Crippen molar-refractivity contribution in [3.8, 4) is 5.75 Å². The average molecular weight is 377 g/mol. The molecule has 1 heterocycles. The van der Waals surface area contributed by atoms with Gasteiger partial charge in [0, 0.05) is 39.1 Å². The second-order valence-electron chi connectivity index (χ2n) is 6.35. The van der Waals surface area contributed by atoms with Gasteiger partial charge in [-0.15, -0.1) is 0 Å². The van der Waals surface area contributed by atoms with Crippen molar-refractivity contribution in [2.45, 2.75) is 26.1 Å². The van der Waals surface area contributed by atoms with Crippen molar-refractivity contribution < 1.29 is 4.74 Å². The number of hydrogen-bond donors (Lipinski definition) is 2. The summed E-state index contributed by atoms with van der Waals surface area (Å²) in [5.41, 5.74) is 2.35. The highest BCUT2D eigenvalue weighted by molar-refractivity contribution is 5.79. The van der Waals surface area contributed by atoms with E-state index < -0.39 is 0 Å². The Kier molecular flexibility index (Phi) is 7.49. The quantitative estimate of drug-likeness (QED) is 0.341. The molecule has 28 heavy (non-hydrogen) atoms. The van der Waals surface area contributed by atoms with Gasteiger partial charge in [-0.3, -0.25) is 9.67 Å².